The Kier molecular flexibility index (Phi) is 38.9. The smallest absolute Gasteiger partial charge is 0.147 e. The third-order valence-corrected chi connectivity index (χ3v) is 21.8. The fourth-order valence-corrected chi connectivity index (χ4v) is 17.3. The van der Waals surface area contributed by atoms with Crippen molar-refractivity contribution in [3.63, 3.8) is 0 Å². The minimum Gasteiger partial charge on any atom is -0.396 e. The van der Waals surface area contributed by atoms with Gasteiger partial charge in [-0.05, 0) is 110 Å². The molecule has 0 spiro atoms. The molecule has 56 heavy (non-hydrogen) atoms. The molecule has 0 saturated carbocycles. The fourth-order valence-electron chi connectivity index (χ4n) is 7.64. The summed E-state index contributed by atoms with van der Waals surface area (Å²) in [5.41, 5.74) is -0.257. The van der Waals surface area contributed by atoms with Gasteiger partial charge in [-0.3, -0.25) is 0 Å². The summed E-state index contributed by atoms with van der Waals surface area (Å²) in [4.78, 5) is 0. The average molecular weight is 902 g/mol. The Labute approximate surface area is 365 Å². The molecule has 0 amide bonds. The summed E-state index contributed by atoms with van der Waals surface area (Å²) in [5.74, 6) is 2.30. The molecule has 0 aliphatic carbocycles. The predicted molar refractivity (Wildman–Crippen MR) is 255 cm³/mol. The van der Waals surface area contributed by atoms with Crippen LogP contribution in [0.25, 0.3) is 0 Å². The number of unbranched alkanes of at least 4 members (excludes halogenated alkanes) is 16. The summed E-state index contributed by atoms with van der Waals surface area (Å²) in [6, 6.07) is 0. The first kappa shape index (κ1) is 53.6. The molecule has 2 aliphatic heterocycles. The molecule has 4 atom stereocenters. The second-order valence-corrected chi connectivity index (χ2v) is 27.1. The molecule has 0 aromatic rings. The maximum atomic E-state index is 10.6. The van der Waals surface area contributed by atoms with Crippen LogP contribution in [0, 0.1) is 0 Å². The lowest BCUT2D eigenvalue weighted by atomic mass is 10.1. The molecule has 0 aromatic heterocycles. The minimum absolute atomic E-state index is 0.128. The zero-order valence-electron chi connectivity index (χ0n) is 36.2. The number of rotatable bonds is 37. The predicted octanol–water partition coefficient (Wildman–Crippen LogP) is 10.0. The number of hydrogen-bond acceptors (Lipinski definition) is 12. The standard InChI is InChI=1S/C42H88N2O6S4Si2/c1-3-5-7-9-11-13-15-17-19-33-47-37-49-39-23-25-41(45)55-43(31-27-39)29-21-35-51-53-54-52-36-22-30-44-32-28-40(24-26-42(46)56-44)50-38-48-34-20-18-16-14-12-10-8-6-4-2/h39-42,45-46H,3-38,55-56H2,1-2H3. The SMILES string of the molecule is CCCCCCCCCCCOCOC1CCC(O)[SiH2]N(CCCSSSSCCCN2CCC(OCOCCCCCCCCCCC)CCC(O)[SiH2]2)CC1. The van der Waals surface area contributed by atoms with Crippen LogP contribution in [0.1, 0.15) is 181 Å². The van der Waals surface area contributed by atoms with Crippen molar-refractivity contribution < 1.29 is 29.2 Å². The topological polar surface area (TPSA) is 83.9 Å². The number of aliphatic hydroxyl groups excluding tert-OH is 2. The molecule has 2 heterocycles. The van der Waals surface area contributed by atoms with E-state index in [0.717, 1.165) is 102 Å². The van der Waals surface area contributed by atoms with E-state index >= 15 is 0 Å². The average Bonchev–Trinajstić information content (AvgIpc) is 3.18. The van der Waals surface area contributed by atoms with Crippen LogP contribution in [-0.4, -0.2) is 127 Å². The Morgan fingerprint density at radius 2 is 0.857 bits per heavy atom. The summed E-state index contributed by atoms with van der Waals surface area (Å²) >= 11 is 0. The molecule has 0 radical (unpaired) electrons. The van der Waals surface area contributed by atoms with Crippen LogP contribution in [0.2, 0.25) is 0 Å². The highest BCUT2D eigenvalue weighted by molar-refractivity contribution is 9.26. The van der Waals surface area contributed by atoms with Gasteiger partial charge in [-0.1, -0.05) is 138 Å². The van der Waals surface area contributed by atoms with Gasteiger partial charge in [0.15, 0.2) is 0 Å². The van der Waals surface area contributed by atoms with Crippen LogP contribution in [0.4, 0.5) is 0 Å². The van der Waals surface area contributed by atoms with Crippen molar-refractivity contribution in [1.29, 1.82) is 0 Å². The van der Waals surface area contributed by atoms with E-state index in [1.165, 1.54) is 116 Å². The number of ether oxygens (including phenoxy) is 4. The van der Waals surface area contributed by atoms with Gasteiger partial charge in [0, 0.05) is 24.7 Å². The maximum absolute atomic E-state index is 10.6. The lowest BCUT2D eigenvalue weighted by molar-refractivity contribution is -0.0975. The summed E-state index contributed by atoms with van der Waals surface area (Å²) in [5, 5.41) is 21.3. The van der Waals surface area contributed by atoms with Crippen molar-refractivity contribution in [2.45, 2.75) is 204 Å². The van der Waals surface area contributed by atoms with E-state index in [2.05, 4.69) is 23.0 Å². The summed E-state index contributed by atoms with van der Waals surface area (Å²) in [6.07, 6.45) is 32.5. The molecule has 334 valence electrons. The second-order valence-electron chi connectivity index (χ2n) is 16.4. The van der Waals surface area contributed by atoms with Gasteiger partial charge in [-0.15, -0.1) is 0 Å². The summed E-state index contributed by atoms with van der Waals surface area (Å²) < 4.78 is 29.0. The quantitative estimate of drug-likeness (QED) is 0.0270. The molecular formula is C42H88N2O6S4Si2. The molecular weight excluding hydrogens is 813 g/mol. The van der Waals surface area contributed by atoms with E-state index in [1.54, 1.807) is 0 Å². The van der Waals surface area contributed by atoms with Gasteiger partial charge in [0.05, 0.1) is 23.7 Å². The van der Waals surface area contributed by atoms with Crippen molar-refractivity contribution >= 4 is 60.6 Å². The van der Waals surface area contributed by atoms with Crippen LogP contribution in [-0.2, 0) is 18.9 Å². The fraction of sp³-hybridized carbons (Fsp3) is 1.00. The van der Waals surface area contributed by atoms with Crippen molar-refractivity contribution in [2.24, 2.45) is 0 Å². The van der Waals surface area contributed by atoms with Gasteiger partial charge in [0.2, 0.25) is 0 Å². The molecule has 14 heteroatoms. The third kappa shape index (κ3) is 33.2. The molecule has 2 fully saturated rings. The van der Waals surface area contributed by atoms with E-state index in [1.807, 2.05) is 41.2 Å². The molecule has 2 N–H and O–H groups in total. The minimum atomic E-state index is -0.615. The summed E-state index contributed by atoms with van der Waals surface area (Å²) in [7, 11) is 6.54. The molecule has 2 rings (SSSR count). The van der Waals surface area contributed by atoms with E-state index in [-0.39, 0.29) is 23.7 Å². The molecule has 2 saturated heterocycles. The van der Waals surface area contributed by atoms with Crippen LogP contribution in [0.3, 0.4) is 0 Å². The first-order chi connectivity index (χ1) is 27.6. The molecule has 0 bridgehead atoms. The number of nitrogens with zero attached hydrogens (tertiary/aromatic N) is 2. The molecule has 4 unspecified atom stereocenters. The first-order valence-corrected chi connectivity index (χ1v) is 31.4. The third-order valence-electron chi connectivity index (χ3n) is 11.2. The van der Waals surface area contributed by atoms with Crippen LogP contribution < -0.4 is 0 Å². The normalized spacial score (nSPS) is 22.7. The highest BCUT2D eigenvalue weighted by Crippen LogP contribution is 2.43. The van der Waals surface area contributed by atoms with Gasteiger partial charge in [0.1, 0.15) is 32.9 Å². The van der Waals surface area contributed by atoms with Gasteiger partial charge >= 0.3 is 0 Å². The van der Waals surface area contributed by atoms with E-state index in [0.29, 0.717) is 13.6 Å². The number of hydrogen-bond donors (Lipinski definition) is 2. The van der Waals surface area contributed by atoms with Crippen LogP contribution in [0.5, 0.6) is 0 Å². The van der Waals surface area contributed by atoms with Crippen molar-refractivity contribution in [2.75, 3.05) is 64.5 Å². The van der Waals surface area contributed by atoms with Crippen molar-refractivity contribution in [1.82, 2.24) is 9.13 Å². The molecule has 2 aliphatic rings. The van der Waals surface area contributed by atoms with E-state index in [4.69, 9.17) is 18.9 Å². The van der Waals surface area contributed by atoms with Crippen LogP contribution >= 0.6 is 41.2 Å². The van der Waals surface area contributed by atoms with Crippen LogP contribution in [0.15, 0.2) is 0 Å². The highest BCUT2D eigenvalue weighted by Gasteiger charge is 2.22. The lowest BCUT2D eigenvalue weighted by Gasteiger charge is -2.30. The molecule has 0 aromatic carbocycles. The van der Waals surface area contributed by atoms with Gasteiger partial charge < -0.3 is 38.3 Å². The number of aliphatic hydroxyl groups is 2. The largest absolute Gasteiger partial charge is 0.396 e. The van der Waals surface area contributed by atoms with Gasteiger partial charge in [-0.2, -0.15) is 0 Å². The van der Waals surface area contributed by atoms with Crippen molar-refractivity contribution in [3.8, 4) is 0 Å². The second kappa shape index (κ2) is 40.6. The first-order valence-electron chi connectivity index (χ1n) is 23.4. The summed E-state index contributed by atoms with van der Waals surface area (Å²) in [6.45, 7) is 11.2. The Hall–Kier alpha value is 1.51. The van der Waals surface area contributed by atoms with E-state index in [9.17, 15) is 10.2 Å². The maximum Gasteiger partial charge on any atom is 0.147 e. The Morgan fingerprint density at radius 1 is 0.482 bits per heavy atom. The zero-order chi connectivity index (χ0) is 40.0. The Morgan fingerprint density at radius 3 is 1.25 bits per heavy atom. The van der Waals surface area contributed by atoms with Gasteiger partial charge in [-0.25, -0.2) is 0 Å². The lowest BCUT2D eigenvalue weighted by Crippen LogP contribution is -2.41. The Balaban J connectivity index is 1.41. The van der Waals surface area contributed by atoms with Crippen molar-refractivity contribution in [3.05, 3.63) is 0 Å². The monoisotopic (exact) mass is 901 g/mol. The Bertz CT molecular complexity index is 775. The molecule has 8 nitrogen and oxygen atoms in total. The van der Waals surface area contributed by atoms with Gasteiger partial charge in [0.25, 0.3) is 0 Å². The highest BCUT2D eigenvalue weighted by atomic mass is 33.7. The van der Waals surface area contributed by atoms with E-state index < -0.39 is 19.4 Å². The zero-order valence-corrected chi connectivity index (χ0v) is 42.3.